The van der Waals surface area contributed by atoms with Crippen LogP contribution in [0.5, 0.6) is 11.5 Å². The third-order valence-electron chi connectivity index (χ3n) is 10.8. The Morgan fingerprint density at radius 1 is 0.655 bits per heavy atom. The average molecular weight is 777 g/mol. The molecule has 2 aliphatic heterocycles. The molecule has 58 heavy (non-hydrogen) atoms. The van der Waals surface area contributed by atoms with Gasteiger partial charge in [0.1, 0.15) is 11.5 Å². The van der Waals surface area contributed by atoms with E-state index in [0.717, 1.165) is 28.6 Å². The van der Waals surface area contributed by atoms with E-state index in [2.05, 4.69) is 53.1 Å². The summed E-state index contributed by atoms with van der Waals surface area (Å²) >= 11 is 0. The minimum Gasteiger partial charge on any atom is -0.507 e. The molecule has 0 radical (unpaired) electrons. The van der Waals surface area contributed by atoms with Crippen molar-refractivity contribution in [2.24, 2.45) is 9.98 Å². The van der Waals surface area contributed by atoms with Crippen LogP contribution in [0.1, 0.15) is 87.5 Å². The van der Waals surface area contributed by atoms with Gasteiger partial charge in [-0.25, -0.2) is 15.0 Å². The van der Waals surface area contributed by atoms with Crippen molar-refractivity contribution in [3.8, 4) is 34.0 Å². The molecule has 0 aliphatic carbocycles. The summed E-state index contributed by atoms with van der Waals surface area (Å²) in [5.74, 6) is -0.0224. The molecule has 6 aromatic rings. The number of alkyl halides is 3. The lowest BCUT2D eigenvalue weighted by atomic mass is 9.83. The van der Waals surface area contributed by atoms with Crippen molar-refractivity contribution in [2.45, 2.75) is 65.5 Å². The van der Waals surface area contributed by atoms with Crippen LogP contribution in [0.15, 0.2) is 119 Å². The number of nitrogens with one attached hydrogen (secondary N) is 1. The summed E-state index contributed by atoms with van der Waals surface area (Å²) in [7, 11) is 0. The molecule has 292 valence electrons. The van der Waals surface area contributed by atoms with Gasteiger partial charge in [-0.05, 0) is 106 Å². The average Bonchev–Trinajstić information content (AvgIpc) is 3.84. The molecule has 0 atom stereocenters. The molecule has 4 heterocycles. The number of phenols is 2. The molecule has 8 rings (SSSR count). The van der Waals surface area contributed by atoms with E-state index in [1.165, 1.54) is 12.1 Å². The van der Waals surface area contributed by atoms with Crippen LogP contribution in [0.25, 0.3) is 51.3 Å². The molecule has 0 amide bonds. The van der Waals surface area contributed by atoms with E-state index in [1.54, 1.807) is 12.2 Å². The normalized spacial score (nSPS) is 15.1. The summed E-state index contributed by atoms with van der Waals surface area (Å²) < 4.78 is 41.2. The largest absolute Gasteiger partial charge is 0.507 e. The van der Waals surface area contributed by atoms with Crippen LogP contribution >= 0.6 is 0 Å². The Hall–Kier alpha value is -6.48. The Balaban J connectivity index is 1.51. The van der Waals surface area contributed by atoms with Gasteiger partial charge in [0, 0.05) is 44.6 Å². The van der Waals surface area contributed by atoms with Gasteiger partial charge in [-0.1, -0.05) is 84.5 Å². The van der Waals surface area contributed by atoms with Gasteiger partial charge >= 0.3 is 6.18 Å². The van der Waals surface area contributed by atoms with Crippen LogP contribution in [0.4, 0.5) is 13.2 Å². The zero-order valence-electron chi connectivity index (χ0n) is 33.4. The van der Waals surface area contributed by atoms with Crippen molar-refractivity contribution >= 4 is 34.5 Å². The van der Waals surface area contributed by atoms with Gasteiger partial charge in [0.15, 0.2) is 0 Å². The first-order valence-electron chi connectivity index (χ1n) is 19.1. The van der Waals surface area contributed by atoms with Crippen molar-refractivity contribution in [1.29, 1.82) is 0 Å². The summed E-state index contributed by atoms with van der Waals surface area (Å²) in [6.07, 6.45) is 0.933. The van der Waals surface area contributed by atoms with Crippen LogP contribution in [0.3, 0.4) is 0 Å². The quantitative estimate of drug-likeness (QED) is 0.155. The van der Waals surface area contributed by atoms with E-state index in [-0.39, 0.29) is 22.3 Å². The predicted octanol–water partition coefficient (Wildman–Crippen LogP) is 11.1. The van der Waals surface area contributed by atoms with Gasteiger partial charge in [-0.3, -0.25) is 0 Å². The molecule has 6 nitrogen and oxygen atoms in total. The van der Waals surface area contributed by atoms with Crippen molar-refractivity contribution in [3.05, 3.63) is 159 Å². The first kappa shape index (κ1) is 38.4. The van der Waals surface area contributed by atoms with Crippen LogP contribution in [0, 0.1) is 0 Å². The molecular weight excluding hydrogens is 734 g/mol. The Bertz CT molecular complexity index is 2930. The fourth-order valence-corrected chi connectivity index (χ4v) is 7.43. The molecule has 0 fully saturated rings. The number of nitrogens with zero attached hydrogens (tertiary/aromatic N) is 3. The molecular formula is C49H43F3N4O2. The number of rotatable bonds is 1. The van der Waals surface area contributed by atoms with Crippen LogP contribution < -0.4 is 10.6 Å². The minimum absolute atomic E-state index is 0.00359. The fraction of sp³-hybridized carbons (Fsp3) is 0.204. The highest BCUT2D eigenvalue weighted by Gasteiger charge is 2.31. The van der Waals surface area contributed by atoms with Gasteiger partial charge in [-0.15, -0.1) is 0 Å². The van der Waals surface area contributed by atoms with Gasteiger partial charge in [-0.2, -0.15) is 13.2 Å². The molecule has 2 aromatic heterocycles. The van der Waals surface area contributed by atoms with Crippen molar-refractivity contribution < 1.29 is 23.4 Å². The second kappa shape index (κ2) is 13.6. The molecule has 10 bridgehead atoms. The van der Waals surface area contributed by atoms with E-state index in [4.69, 9.17) is 15.0 Å². The maximum atomic E-state index is 13.7. The fourth-order valence-electron chi connectivity index (χ4n) is 7.43. The number of hydrogen-bond donors (Lipinski definition) is 3. The Labute approximate surface area is 334 Å². The second-order valence-electron chi connectivity index (χ2n) is 16.9. The number of benzene rings is 4. The zero-order chi connectivity index (χ0) is 41.5. The standard InChI is InChI=1S/C49H43F3N4O2/c1-9-36-32-22-30(47(3,4)5)23-33(45(32)57)37-18-20-40(53-37)42(27-12-15-29(16-13-27)49(50,51)52)41-21-19-38(54-41)34-24-31(48(6,7)8)25-35(46(34)58)39-17-14-28-11-10-26(2)43(55-36)44(28)56-39/h9-25,53,57-58H,2H2,1,3-8H3/b36-9-,42-41?,55-43?. The number of halogens is 3. The highest BCUT2D eigenvalue weighted by molar-refractivity contribution is 6.15. The van der Waals surface area contributed by atoms with E-state index in [0.29, 0.717) is 83.7 Å². The number of phenolic OH excluding ortho intramolecular Hbond substituents is 2. The molecule has 9 heteroatoms. The summed E-state index contributed by atoms with van der Waals surface area (Å²) in [5.41, 5.74) is 7.18. The Morgan fingerprint density at radius 3 is 1.91 bits per heavy atom. The Kier molecular flexibility index (Phi) is 8.99. The lowest BCUT2D eigenvalue weighted by Gasteiger charge is -2.22. The molecule has 3 N–H and O–H groups in total. The number of H-pyrrole nitrogens is 1. The Morgan fingerprint density at radius 2 is 1.26 bits per heavy atom. The summed E-state index contributed by atoms with van der Waals surface area (Å²) in [5, 5.41) is 26.3. The zero-order valence-corrected chi connectivity index (χ0v) is 33.4. The van der Waals surface area contributed by atoms with Crippen molar-refractivity contribution in [3.63, 3.8) is 0 Å². The molecule has 4 aromatic carbocycles. The van der Waals surface area contributed by atoms with Crippen molar-refractivity contribution in [1.82, 2.24) is 9.97 Å². The number of hydrogen-bond acceptors (Lipinski definition) is 5. The summed E-state index contributed by atoms with van der Waals surface area (Å²) in [4.78, 5) is 18.8. The maximum Gasteiger partial charge on any atom is 0.416 e. The summed E-state index contributed by atoms with van der Waals surface area (Å²) in [6, 6.07) is 24.1. The second-order valence-corrected chi connectivity index (χ2v) is 16.9. The van der Waals surface area contributed by atoms with E-state index < -0.39 is 11.7 Å². The highest BCUT2D eigenvalue weighted by Crippen LogP contribution is 2.43. The molecule has 0 saturated carbocycles. The van der Waals surface area contributed by atoms with E-state index in [1.807, 2.05) is 73.7 Å². The third kappa shape index (κ3) is 6.74. The SMILES string of the molecule is C=c1ccc2ccc3nc2c1=N/C(=C\C)c1cc(C(C)(C)C)cc(c1O)-c1ccc([nH]1)C(c1ccc(C(F)(F)F)cc1)=C1C=CC(=N1)c1cc(C(C)(C)C)cc-3c1O. The number of aromatic amines is 1. The first-order valence-corrected chi connectivity index (χ1v) is 19.1. The monoisotopic (exact) mass is 776 g/mol. The highest BCUT2D eigenvalue weighted by atomic mass is 19.4. The third-order valence-corrected chi connectivity index (χ3v) is 10.8. The van der Waals surface area contributed by atoms with Crippen molar-refractivity contribution in [2.75, 3.05) is 0 Å². The van der Waals surface area contributed by atoms with Crippen LogP contribution in [-0.2, 0) is 17.0 Å². The van der Waals surface area contributed by atoms with Gasteiger partial charge in [0.25, 0.3) is 0 Å². The number of aromatic hydroxyl groups is 2. The molecule has 2 aliphatic rings. The lowest BCUT2D eigenvalue weighted by molar-refractivity contribution is -0.137. The topological polar surface area (TPSA) is 93.9 Å². The maximum absolute atomic E-state index is 13.7. The predicted molar refractivity (Wildman–Crippen MR) is 227 cm³/mol. The number of pyridine rings is 1. The van der Waals surface area contributed by atoms with Crippen LogP contribution in [-0.4, -0.2) is 25.9 Å². The number of aromatic nitrogens is 2. The first-order chi connectivity index (χ1) is 27.3. The van der Waals surface area contributed by atoms with E-state index in [9.17, 15) is 23.4 Å². The molecule has 0 spiro atoms. The van der Waals surface area contributed by atoms with E-state index >= 15 is 0 Å². The number of aliphatic imine (C=N–C) groups is 1. The smallest absolute Gasteiger partial charge is 0.416 e. The molecule has 0 saturated heterocycles. The molecule has 0 unspecified atom stereocenters. The number of allylic oxidation sites excluding steroid dienone is 3. The lowest BCUT2D eigenvalue weighted by Crippen LogP contribution is -2.25. The minimum atomic E-state index is -4.51. The van der Waals surface area contributed by atoms with Gasteiger partial charge < -0.3 is 15.2 Å². The van der Waals surface area contributed by atoms with Crippen LogP contribution in [0.2, 0.25) is 0 Å². The van der Waals surface area contributed by atoms with Gasteiger partial charge in [0.2, 0.25) is 0 Å². The van der Waals surface area contributed by atoms with Gasteiger partial charge in [0.05, 0.1) is 39.2 Å². The summed E-state index contributed by atoms with van der Waals surface area (Å²) in [6.45, 7) is 18.7. The number of fused-ring (bicyclic) bond motifs is 11.